The Hall–Kier alpha value is 1.47. The quantitative estimate of drug-likeness (QED) is 0.0252. The first-order chi connectivity index (χ1) is 25.9. The second kappa shape index (κ2) is 54.5. The minimum Gasteiger partial charge on any atom is -0.726 e. The van der Waals surface area contributed by atoms with E-state index >= 15 is 0 Å². The molecule has 0 aromatic rings. The van der Waals surface area contributed by atoms with E-state index < -0.39 is 26.8 Å². The predicted octanol–water partition coefficient (Wildman–Crippen LogP) is 8.39. The number of carbonyl (C=O) groups excluding carboxylic acids is 1. The van der Waals surface area contributed by atoms with Crippen molar-refractivity contribution in [3.8, 4) is 0 Å². The molecule has 0 aliphatic heterocycles. The molecule has 10 nitrogen and oxygen atoms in total. The van der Waals surface area contributed by atoms with Gasteiger partial charge in [-0.1, -0.05) is 226 Å². The topological polar surface area (TPSA) is 173 Å². The van der Waals surface area contributed by atoms with Crippen molar-refractivity contribution in [2.24, 2.45) is 0 Å². The van der Waals surface area contributed by atoms with E-state index in [-0.39, 0.29) is 86.9 Å². The Labute approximate surface area is 399 Å². The van der Waals surface area contributed by atoms with Crippen molar-refractivity contribution in [2.75, 3.05) is 13.2 Å². The number of carbonyl (C=O) groups is 1. The van der Waals surface area contributed by atoms with Crippen LogP contribution < -0.4 is 34.7 Å². The zero-order valence-corrected chi connectivity index (χ0v) is 42.8. The van der Waals surface area contributed by atoms with E-state index in [0.29, 0.717) is 12.8 Å². The van der Waals surface area contributed by atoms with Crippen LogP contribution in [0.3, 0.4) is 0 Å². The van der Waals surface area contributed by atoms with Crippen molar-refractivity contribution in [3.63, 3.8) is 0 Å². The monoisotopic (exact) mass is 877 g/mol. The molecule has 0 N–H and O–H groups in total. The van der Waals surface area contributed by atoms with Gasteiger partial charge in [0.2, 0.25) is 20.8 Å². The summed E-state index contributed by atoms with van der Waals surface area (Å²) in [6.07, 6.45) is 43.3. The molecule has 0 heterocycles. The van der Waals surface area contributed by atoms with Crippen molar-refractivity contribution in [1.82, 2.24) is 0 Å². The molecule has 0 spiro atoms. The summed E-state index contributed by atoms with van der Waals surface area (Å²) in [5, 5.41) is 10.2. The van der Waals surface area contributed by atoms with Gasteiger partial charge < -0.3 is 19.0 Å². The maximum absolute atomic E-state index is 10.2. The molecule has 0 aliphatic carbocycles. The van der Waals surface area contributed by atoms with Crippen LogP contribution in [0.15, 0.2) is 0 Å². The van der Waals surface area contributed by atoms with Crippen molar-refractivity contribution >= 4 is 64.5 Å². The third-order valence-corrected chi connectivity index (χ3v) is 10.3. The van der Waals surface area contributed by atoms with Crippen LogP contribution in [0.1, 0.15) is 252 Å². The zero-order chi connectivity index (χ0) is 40.9. The fourth-order valence-corrected chi connectivity index (χ4v) is 6.79. The number of carboxylic acids is 1. The number of hydrogen-bond acceptors (Lipinski definition) is 10. The molecule has 0 radical (unpaired) electrons. The molecule has 0 saturated carbocycles. The summed E-state index contributed by atoms with van der Waals surface area (Å²) < 4.78 is 68.9. The summed E-state index contributed by atoms with van der Waals surface area (Å²) in [7, 11) is -8.97. The minimum atomic E-state index is -4.48. The summed E-state index contributed by atoms with van der Waals surface area (Å²) in [4.78, 5) is 10.2. The van der Waals surface area contributed by atoms with Gasteiger partial charge in [-0.3, -0.25) is 8.37 Å². The number of hydrogen-bond donors (Lipinski definition) is 0. The van der Waals surface area contributed by atoms with Gasteiger partial charge in [-0.15, -0.1) is 0 Å². The SMILES string of the molecule is CCCCCCCCCCCCCCCCCC(=O)[O-].CCCCCCCCCCCCOS(=O)(=O)[O-].CCCCCCCCCCCCOS(=O)(=O)[O-].[Ca+2].[Na+]. The van der Waals surface area contributed by atoms with Gasteiger partial charge in [-0.2, -0.15) is 0 Å². The van der Waals surface area contributed by atoms with Crippen molar-refractivity contribution < 1.29 is 73.8 Å². The molecule has 0 saturated heterocycles. The van der Waals surface area contributed by atoms with Crippen LogP contribution in [0.2, 0.25) is 0 Å². The summed E-state index contributed by atoms with van der Waals surface area (Å²) in [5.74, 6) is -0.903. The first-order valence-electron chi connectivity index (χ1n) is 22.3. The maximum Gasteiger partial charge on any atom is 2.00 e. The summed E-state index contributed by atoms with van der Waals surface area (Å²) >= 11 is 0. The normalized spacial score (nSPS) is 11.1. The van der Waals surface area contributed by atoms with Gasteiger partial charge in [0.05, 0.1) is 13.2 Å². The fourth-order valence-electron chi connectivity index (χ4n) is 6.14. The first kappa shape index (κ1) is 66.6. The van der Waals surface area contributed by atoms with E-state index in [4.69, 9.17) is 0 Å². The Morgan fingerprint density at radius 3 is 0.732 bits per heavy atom. The number of aliphatic carboxylic acids is 1. The second-order valence-corrected chi connectivity index (χ2v) is 17.0. The van der Waals surface area contributed by atoms with Gasteiger partial charge in [0.15, 0.2) is 0 Å². The molecular weight excluding hydrogens is 792 g/mol. The zero-order valence-electron chi connectivity index (χ0n) is 37.0. The molecular formula is C42H85CaNaO10S2. The Kier molecular flexibility index (Phi) is 64.8. The second-order valence-electron chi connectivity index (χ2n) is 14.9. The van der Waals surface area contributed by atoms with Crippen LogP contribution in [0.4, 0.5) is 0 Å². The van der Waals surface area contributed by atoms with Crippen LogP contribution in [-0.4, -0.2) is 82.9 Å². The fraction of sp³-hybridized carbons (Fsp3) is 0.976. The maximum atomic E-state index is 10.2. The average Bonchev–Trinajstić information content (AvgIpc) is 3.11. The van der Waals surface area contributed by atoms with Crippen LogP contribution in [-0.2, 0) is 34.0 Å². The molecule has 0 bridgehead atoms. The van der Waals surface area contributed by atoms with Crippen molar-refractivity contribution in [1.29, 1.82) is 0 Å². The first-order valence-corrected chi connectivity index (χ1v) is 25.0. The van der Waals surface area contributed by atoms with Gasteiger partial charge >= 0.3 is 67.3 Å². The molecule has 0 rings (SSSR count). The Balaban J connectivity index is -0.000000229. The van der Waals surface area contributed by atoms with Gasteiger partial charge in [0.25, 0.3) is 0 Å². The Morgan fingerprint density at radius 2 is 0.554 bits per heavy atom. The number of unbranched alkanes of at least 4 members (excludes halogenated alkanes) is 32. The van der Waals surface area contributed by atoms with E-state index in [9.17, 15) is 35.8 Å². The molecule has 0 fully saturated rings. The average molecular weight is 877 g/mol. The van der Waals surface area contributed by atoms with Crippen LogP contribution in [0.5, 0.6) is 0 Å². The number of rotatable bonds is 40. The van der Waals surface area contributed by atoms with Crippen LogP contribution in [0, 0.1) is 0 Å². The number of carboxylic acid groups (broad SMARTS) is 1. The molecule has 0 aromatic heterocycles. The summed E-state index contributed by atoms with van der Waals surface area (Å²) in [6, 6.07) is 0. The Bertz CT molecular complexity index is 903. The molecule has 56 heavy (non-hydrogen) atoms. The third-order valence-electron chi connectivity index (χ3n) is 9.44. The molecule has 0 atom stereocenters. The smallest absolute Gasteiger partial charge is 0.726 e. The third kappa shape index (κ3) is 76.2. The molecule has 0 unspecified atom stereocenters. The molecule has 328 valence electrons. The van der Waals surface area contributed by atoms with Crippen molar-refractivity contribution in [2.45, 2.75) is 252 Å². The van der Waals surface area contributed by atoms with Crippen LogP contribution in [0.25, 0.3) is 0 Å². The van der Waals surface area contributed by atoms with E-state index in [1.807, 2.05) is 0 Å². The Morgan fingerprint density at radius 1 is 0.375 bits per heavy atom. The van der Waals surface area contributed by atoms with Gasteiger partial charge in [-0.25, -0.2) is 16.8 Å². The largest absolute Gasteiger partial charge is 2.00 e. The van der Waals surface area contributed by atoms with Crippen molar-refractivity contribution in [3.05, 3.63) is 0 Å². The molecule has 14 heteroatoms. The van der Waals surface area contributed by atoms with E-state index in [1.54, 1.807) is 0 Å². The molecule has 0 aliphatic rings. The summed E-state index contributed by atoms with van der Waals surface area (Å²) in [6.45, 7) is 6.75. The summed E-state index contributed by atoms with van der Waals surface area (Å²) in [5.41, 5.74) is 0. The van der Waals surface area contributed by atoms with E-state index in [1.165, 1.54) is 173 Å². The van der Waals surface area contributed by atoms with Gasteiger partial charge in [0, 0.05) is 5.97 Å². The standard InChI is InChI=1S/C18H36O2.2C12H26O4S.Ca.Na/c1-2-3-4-5-6-7-8-9-10-11-12-13-14-15-16-17-18(19)20;2*1-2-3-4-5-6-7-8-9-10-11-12-16-17(13,14)15;;/h2-17H2,1H3,(H,19,20);2*2-12H2,1H3,(H,13,14,15);;/q;;;+2;+1/p-3. The molecule has 0 amide bonds. The van der Waals surface area contributed by atoms with Gasteiger partial charge in [0.1, 0.15) is 0 Å². The van der Waals surface area contributed by atoms with E-state index in [0.717, 1.165) is 38.5 Å². The van der Waals surface area contributed by atoms with E-state index in [2.05, 4.69) is 29.1 Å². The van der Waals surface area contributed by atoms with Crippen LogP contribution >= 0.6 is 0 Å². The minimum absolute atomic E-state index is 0. The molecule has 0 aromatic carbocycles. The van der Waals surface area contributed by atoms with Gasteiger partial charge in [-0.05, 0) is 25.7 Å². The predicted molar refractivity (Wildman–Crippen MR) is 225 cm³/mol.